The van der Waals surface area contributed by atoms with Gasteiger partial charge >= 0.3 is 0 Å². The highest BCUT2D eigenvalue weighted by Crippen LogP contribution is 2.25. The number of ether oxygens (including phenoxy) is 1. The average Bonchev–Trinajstić information content (AvgIpc) is 2.46. The summed E-state index contributed by atoms with van der Waals surface area (Å²) in [6, 6.07) is 0. The topological polar surface area (TPSA) is 44.7 Å². The Morgan fingerprint density at radius 3 is 2.70 bits per heavy atom. The molecular weight excluding hydrogens is 252 g/mol. The van der Waals surface area contributed by atoms with Crippen LogP contribution in [0.5, 0.6) is 0 Å². The Morgan fingerprint density at radius 1 is 1.40 bits per heavy atom. The molecule has 1 aliphatic heterocycles. The highest BCUT2D eigenvalue weighted by atomic mass is 16.5. The first-order valence-electron chi connectivity index (χ1n) is 8.16. The van der Waals surface area contributed by atoms with Gasteiger partial charge in [-0.3, -0.25) is 0 Å². The van der Waals surface area contributed by atoms with Crippen LogP contribution in [-0.2, 0) is 4.74 Å². The van der Waals surface area contributed by atoms with Gasteiger partial charge in [0.15, 0.2) is 0 Å². The second-order valence-corrected chi connectivity index (χ2v) is 6.46. The van der Waals surface area contributed by atoms with E-state index < -0.39 is 0 Å². The van der Waals surface area contributed by atoms with Crippen molar-refractivity contribution in [1.82, 2.24) is 10.2 Å². The van der Waals surface area contributed by atoms with Crippen LogP contribution in [0.4, 0.5) is 0 Å². The molecule has 0 spiro atoms. The lowest BCUT2D eigenvalue weighted by Crippen LogP contribution is -2.50. The molecule has 0 aromatic heterocycles. The quantitative estimate of drug-likeness (QED) is 0.681. The van der Waals surface area contributed by atoms with E-state index in [0.717, 1.165) is 45.3 Å². The summed E-state index contributed by atoms with van der Waals surface area (Å²) < 4.78 is 5.64. The summed E-state index contributed by atoms with van der Waals surface area (Å²) >= 11 is 0. The third-order valence-electron chi connectivity index (χ3n) is 4.89. The molecule has 4 heteroatoms. The second-order valence-electron chi connectivity index (χ2n) is 6.46. The molecule has 0 bridgehead atoms. The number of likely N-dealkylation sites (N-methyl/N-ethyl adjacent to an activating group) is 1. The van der Waals surface area contributed by atoms with Gasteiger partial charge in [0.1, 0.15) is 0 Å². The zero-order valence-electron chi connectivity index (χ0n) is 13.9. The van der Waals surface area contributed by atoms with Crippen molar-refractivity contribution < 1.29 is 9.84 Å². The van der Waals surface area contributed by atoms with Crippen LogP contribution in [-0.4, -0.2) is 61.0 Å². The highest BCUT2D eigenvalue weighted by molar-refractivity contribution is 4.88. The number of nitrogens with one attached hydrogen (secondary N) is 1. The van der Waals surface area contributed by atoms with Gasteiger partial charge in [-0.15, -0.1) is 0 Å². The fourth-order valence-electron chi connectivity index (χ4n) is 3.32. The molecular formula is C16H34N2O2. The van der Waals surface area contributed by atoms with Crippen LogP contribution in [0, 0.1) is 0 Å². The zero-order chi connectivity index (χ0) is 15.1. The van der Waals surface area contributed by atoms with E-state index in [1.165, 1.54) is 13.0 Å². The van der Waals surface area contributed by atoms with E-state index in [2.05, 4.69) is 31.0 Å². The predicted molar refractivity (Wildman–Crippen MR) is 84.1 cm³/mol. The molecule has 4 nitrogen and oxygen atoms in total. The van der Waals surface area contributed by atoms with Crippen molar-refractivity contribution in [3.8, 4) is 0 Å². The fraction of sp³-hybridized carbons (Fsp3) is 1.00. The van der Waals surface area contributed by atoms with Crippen molar-refractivity contribution in [2.45, 2.75) is 64.0 Å². The number of hydrogen-bond acceptors (Lipinski definition) is 4. The summed E-state index contributed by atoms with van der Waals surface area (Å²) in [4.78, 5) is 2.51. The Bertz CT molecular complexity index is 269. The molecule has 120 valence electrons. The van der Waals surface area contributed by atoms with Gasteiger partial charge in [0.05, 0.1) is 12.2 Å². The van der Waals surface area contributed by atoms with Crippen LogP contribution >= 0.6 is 0 Å². The predicted octanol–water partition coefficient (Wildman–Crippen LogP) is 2.02. The van der Waals surface area contributed by atoms with Crippen molar-refractivity contribution in [2.24, 2.45) is 0 Å². The standard InChI is InChI=1S/C16H34N2O2/c1-5-16(14-19,17-6-2)10-8-12-18-11-7-9-15(3,13-18)20-4/h17,19H,5-14H2,1-4H3. The Labute approximate surface area is 124 Å². The second kappa shape index (κ2) is 8.32. The Hall–Kier alpha value is -0.160. The molecule has 1 aliphatic rings. The normalized spacial score (nSPS) is 27.4. The molecule has 2 unspecified atom stereocenters. The maximum atomic E-state index is 9.67. The molecule has 20 heavy (non-hydrogen) atoms. The van der Waals surface area contributed by atoms with Crippen molar-refractivity contribution in [3.05, 3.63) is 0 Å². The lowest BCUT2D eigenvalue weighted by molar-refractivity contribution is -0.0513. The minimum atomic E-state index is -0.0882. The summed E-state index contributed by atoms with van der Waals surface area (Å²) in [7, 11) is 1.82. The van der Waals surface area contributed by atoms with Gasteiger partial charge in [-0.25, -0.2) is 0 Å². The van der Waals surface area contributed by atoms with E-state index in [-0.39, 0.29) is 17.7 Å². The first kappa shape index (κ1) is 17.9. The maximum Gasteiger partial charge on any atom is 0.0777 e. The van der Waals surface area contributed by atoms with Gasteiger partial charge in [0.25, 0.3) is 0 Å². The van der Waals surface area contributed by atoms with E-state index in [1.54, 1.807) is 0 Å². The first-order valence-corrected chi connectivity index (χ1v) is 8.16. The number of methoxy groups -OCH3 is 1. The molecule has 0 amide bonds. The largest absolute Gasteiger partial charge is 0.394 e. The molecule has 1 saturated heterocycles. The van der Waals surface area contributed by atoms with E-state index in [9.17, 15) is 5.11 Å². The van der Waals surface area contributed by atoms with Crippen LogP contribution in [0.15, 0.2) is 0 Å². The summed E-state index contributed by atoms with van der Waals surface area (Å²) in [6.07, 6.45) is 5.52. The molecule has 1 rings (SSSR count). The molecule has 1 fully saturated rings. The minimum Gasteiger partial charge on any atom is -0.394 e. The van der Waals surface area contributed by atoms with Gasteiger partial charge in [-0.2, -0.15) is 0 Å². The summed E-state index contributed by atoms with van der Waals surface area (Å²) in [5, 5.41) is 13.1. The van der Waals surface area contributed by atoms with Gasteiger partial charge in [0, 0.05) is 19.2 Å². The first-order chi connectivity index (χ1) is 9.53. The number of likely N-dealkylation sites (tertiary alicyclic amines) is 1. The number of hydrogen-bond donors (Lipinski definition) is 2. The van der Waals surface area contributed by atoms with E-state index in [1.807, 2.05) is 7.11 Å². The van der Waals surface area contributed by atoms with Gasteiger partial charge < -0.3 is 20.1 Å². The van der Waals surface area contributed by atoms with Crippen molar-refractivity contribution >= 4 is 0 Å². The average molecular weight is 286 g/mol. The SMILES string of the molecule is CCNC(CC)(CO)CCCN1CCCC(C)(OC)C1. The van der Waals surface area contributed by atoms with Gasteiger partial charge in [-0.05, 0) is 58.7 Å². The van der Waals surface area contributed by atoms with E-state index in [4.69, 9.17) is 4.74 Å². The van der Waals surface area contributed by atoms with Crippen molar-refractivity contribution in [2.75, 3.05) is 39.9 Å². The number of piperidine rings is 1. The molecule has 1 heterocycles. The molecule has 0 aromatic rings. The number of aliphatic hydroxyl groups is 1. The third kappa shape index (κ3) is 4.99. The van der Waals surface area contributed by atoms with Crippen LogP contribution < -0.4 is 5.32 Å². The molecule has 2 N–H and O–H groups in total. The van der Waals surface area contributed by atoms with Gasteiger partial charge in [0.2, 0.25) is 0 Å². The Morgan fingerprint density at radius 2 is 2.15 bits per heavy atom. The van der Waals surface area contributed by atoms with Crippen LogP contribution in [0.1, 0.15) is 52.9 Å². The van der Waals surface area contributed by atoms with Gasteiger partial charge in [-0.1, -0.05) is 13.8 Å². The fourth-order valence-corrected chi connectivity index (χ4v) is 3.32. The highest BCUT2D eigenvalue weighted by Gasteiger charge is 2.31. The third-order valence-corrected chi connectivity index (χ3v) is 4.89. The summed E-state index contributed by atoms with van der Waals surface area (Å²) in [6.45, 7) is 10.9. The monoisotopic (exact) mass is 286 g/mol. The van der Waals surface area contributed by atoms with Crippen LogP contribution in [0.25, 0.3) is 0 Å². The number of rotatable bonds is 9. The van der Waals surface area contributed by atoms with Crippen LogP contribution in [0.2, 0.25) is 0 Å². The maximum absolute atomic E-state index is 9.67. The Kier molecular flexibility index (Phi) is 7.45. The zero-order valence-corrected chi connectivity index (χ0v) is 13.9. The molecule has 0 radical (unpaired) electrons. The minimum absolute atomic E-state index is 0.0265. The summed E-state index contributed by atoms with van der Waals surface area (Å²) in [5.74, 6) is 0. The van der Waals surface area contributed by atoms with E-state index in [0.29, 0.717) is 0 Å². The lowest BCUT2D eigenvalue weighted by Gasteiger charge is -2.40. The van der Waals surface area contributed by atoms with Crippen LogP contribution in [0.3, 0.4) is 0 Å². The van der Waals surface area contributed by atoms with E-state index >= 15 is 0 Å². The lowest BCUT2D eigenvalue weighted by atomic mass is 9.90. The van der Waals surface area contributed by atoms with Crippen molar-refractivity contribution in [1.29, 1.82) is 0 Å². The molecule has 0 saturated carbocycles. The Balaban J connectivity index is 2.39. The molecule has 0 aliphatic carbocycles. The molecule has 2 atom stereocenters. The number of nitrogens with zero attached hydrogens (tertiary/aromatic N) is 1. The summed E-state index contributed by atoms with van der Waals surface area (Å²) in [5.41, 5.74) is -0.0617. The van der Waals surface area contributed by atoms with Crippen molar-refractivity contribution in [3.63, 3.8) is 0 Å². The smallest absolute Gasteiger partial charge is 0.0777 e. The number of aliphatic hydroxyl groups excluding tert-OH is 1. The molecule has 0 aromatic carbocycles.